The lowest BCUT2D eigenvalue weighted by Gasteiger charge is -2.22. The van der Waals surface area contributed by atoms with Gasteiger partial charge in [-0.2, -0.15) is 0 Å². The number of para-hydroxylation sites is 1. The second kappa shape index (κ2) is 8.68. The molecule has 0 spiro atoms. The van der Waals surface area contributed by atoms with E-state index in [1.807, 2.05) is 32.0 Å². The van der Waals surface area contributed by atoms with E-state index in [4.69, 9.17) is 4.74 Å². The normalized spacial score (nSPS) is 12.4. The van der Waals surface area contributed by atoms with E-state index in [1.54, 1.807) is 20.8 Å². The molecule has 1 atom stereocenters. The molecule has 6 heteroatoms. The number of aryl methyl sites for hydroxylation is 2. The van der Waals surface area contributed by atoms with E-state index < -0.39 is 17.7 Å². The molecule has 1 aromatic carbocycles. The molecule has 0 radical (unpaired) electrons. The van der Waals surface area contributed by atoms with E-state index in [0.29, 0.717) is 6.42 Å². The van der Waals surface area contributed by atoms with Crippen LogP contribution in [0.15, 0.2) is 18.2 Å². The molecule has 134 valence electrons. The maximum absolute atomic E-state index is 12.1. The van der Waals surface area contributed by atoms with E-state index in [1.165, 1.54) is 0 Å². The van der Waals surface area contributed by atoms with Crippen LogP contribution in [0.5, 0.6) is 0 Å². The predicted molar refractivity (Wildman–Crippen MR) is 94.0 cm³/mol. The summed E-state index contributed by atoms with van der Waals surface area (Å²) in [6.07, 6.45) is -0.0851. The molecule has 0 bridgehead atoms. The Labute approximate surface area is 143 Å². The zero-order valence-electron chi connectivity index (χ0n) is 15.1. The lowest BCUT2D eigenvalue weighted by Crippen LogP contribution is -2.41. The van der Waals surface area contributed by atoms with Crippen molar-refractivity contribution in [3.63, 3.8) is 0 Å². The number of carbonyl (C=O) groups is 2. The highest BCUT2D eigenvalue weighted by molar-refractivity contribution is 5.92. The summed E-state index contributed by atoms with van der Waals surface area (Å²) in [5.74, 6) is -0.156. The monoisotopic (exact) mass is 336 g/mol. The van der Waals surface area contributed by atoms with Gasteiger partial charge in [-0.05, 0) is 52.2 Å². The van der Waals surface area contributed by atoms with E-state index in [2.05, 4.69) is 10.6 Å². The Kier molecular flexibility index (Phi) is 7.22. The molecule has 1 rings (SSSR count). The van der Waals surface area contributed by atoms with Gasteiger partial charge in [-0.15, -0.1) is 0 Å². The van der Waals surface area contributed by atoms with Crippen LogP contribution in [-0.2, 0) is 9.53 Å². The molecule has 1 aromatic rings. The van der Waals surface area contributed by atoms with Gasteiger partial charge in [0.05, 0.1) is 12.6 Å². The molecule has 0 unspecified atom stereocenters. The highest BCUT2D eigenvalue weighted by atomic mass is 16.6. The maximum Gasteiger partial charge on any atom is 0.407 e. The van der Waals surface area contributed by atoms with E-state index in [0.717, 1.165) is 16.8 Å². The van der Waals surface area contributed by atoms with Gasteiger partial charge in [0.2, 0.25) is 5.91 Å². The highest BCUT2D eigenvalue weighted by Crippen LogP contribution is 2.19. The molecule has 0 aliphatic rings. The number of alkyl carbamates (subject to hydrolysis) is 1. The molecule has 2 amide bonds. The largest absolute Gasteiger partial charge is 0.444 e. The third-order valence-electron chi connectivity index (χ3n) is 3.41. The van der Waals surface area contributed by atoms with Crippen LogP contribution in [0.1, 0.15) is 44.7 Å². The van der Waals surface area contributed by atoms with Crippen LogP contribution in [0.3, 0.4) is 0 Å². The average Bonchev–Trinajstić information content (AvgIpc) is 2.45. The number of rotatable bonds is 6. The Morgan fingerprint density at radius 2 is 1.79 bits per heavy atom. The summed E-state index contributed by atoms with van der Waals surface area (Å²) in [6.45, 7) is 8.90. The molecule has 0 fully saturated rings. The second-order valence-corrected chi connectivity index (χ2v) is 6.88. The molecule has 0 aromatic heterocycles. The quantitative estimate of drug-likeness (QED) is 0.745. The summed E-state index contributed by atoms with van der Waals surface area (Å²) in [4.78, 5) is 23.8. The Bertz CT molecular complexity index is 559. The van der Waals surface area contributed by atoms with Gasteiger partial charge < -0.3 is 20.5 Å². The lowest BCUT2D eigenvalue weighted by atomic mass is 10.1. The minimum Gasteiger partial charge on any atom is -0.444 e. The second-order valence-electron chi connectivity index (χ2n) is 6.88. The summed E-state index contributed by atoms with van der Waals surface area (Å²) in [6, 6.07) is 5.28. The smallest absolute Gasteiger partial charge is 0.407 e. The number of amides is 2. The van der Waals surface area contributed by atoms with Gasteiger partial charge in [0.25, 0.3) is 0 Å². The van der Waals surface area contributed by atoms with Gasteiger partial charge in [-0.25, -0.2) is 4.79 Å². The molecule has 0 saturated carbocycles. The number of carbonyl (C=O) groups excluding carboxylic acids is 2. The number of hydrogen-bond donors (Lipinski definition) is 3. The third-order valence-corrected chi connectivity index (χ3v) is 3.41. The van der Waals surface area contributed by atoms with Crippen LogP contribution < -0.4 is 10.6 Å². The van der Waals surface area contributed by atoms with Crippen molar-refractivity contribution in [1.82, 2.24) is 5.32 Å². The Morgan fingerprint density at radius 1 is 1.21 bits per heavy atom. The van der Waals surface area contributed by atoms with Gasteiger partial charge in [0.15, 0.2) is 0 Å². The van der Waals surface area contributed by atoms with Crippen molar-refractivity contribution in [2.45, 2.75) is 59.1 Å². The zero-order chi connectivity index (χ0) is 18.3. The van der Waals surface area contributed by atoms with Gasteiger partial charge in [-0.3, -0.25) is 4.79 Å². The highest BCUT2D eigenvalue weighted by Gasteiger charge is 2.20. The Balaban J connectivity index is 2.51. The Morgan fingerprint density at radius 3 is 2.29 bits per heavy atom. The van der Waals surface area contributed by atoms with Crippen molar-refractivity contribution in [3.05, 3.63) is 29.3 Å². The molecular formula is C18H28N2O4. The van der Waals surface area contributed by atoms with Crippen molar-refractivity contribution >= 4 is 17.7 Å². The van der Waals surface area contributed by atoms with Gasteiger partial charge in [0.1, 0.15) is 5.60 Å². The molecule has 0 aliphatic heterocycles. The fraction of sp³-hybridized carbons (Fsp3) is 0.556. The molecule has 0 heterocycles. The number of aliphatic hydroxyl groups excluding tert-OH is 1. The zero-order valence-corrected chi connectivity index (χ0v) is 15.1. The van der Waals surface area contributed by atoms with Crippen LogP contribution in [0, 0.1) is 13.8 Å². The van der Waals surface area contributed by atoms with Gasteiger partial charge >= 0.3 is 6.09 Å². The van der Waals surface area contributed by atoms with Crippen LogP contribution >= 0.6 is 0 Å². The molecule has 3 N–H and O–H groups in total. The number of benzene rings is 1. The topological polar surface area (TPSA) is 87.7 Å². The first-order valence-corrected chi connectivity index (χ1v) is 8.09. The summed E-state index contributed by atoms with van der Waals surface area (Å²) in [5.41, 5.74) is 2.19. The number of ether oxygens (including phenoxy) is 1. The van der Waals surface area contributed by atoms with Crippen LogP contribution in [0.25, 0.3) is 0 Å². The van der Waals surface area contributed by atoms with E-state index in [-0.39, 0.29) is 18.9 Å². The average molecular weight is 336 g/mol. The van der Waals surface area contributed by atoms with Crippen molar-refractivity contribution in [1.29, 1.82) is 0 Å². The first-order chi connectivity index (χ1) is 11.1. The fourth-order valence-electron chi connectivity index (χ4n) is 2.20. The fourth-order valence-corrected chi connectivity index (χ4v) is 2.20. The van der Waals surface area contributed by atoms with Gasteiger partial charge in [0, 0.05) is 12.1 Å². The number of aliphatic hydroxyl groups is 1. The van der Waals surface area contributed by atoms with Crippen molar-refractivity contribution in [2.75, 3.05) is 11.9 Å². The molecule has 24 heavy (non-hydrogen) atoms. The summed E-state index contributed by atoms with van der Waals surface area (Å²) in [7, 11) is 0. The minimum atomic E-state index is -0.607. The van der Waals surface area contributed by atoms with Crippen molar-refractivity contribution in [3.8, 4) is 0 Å². The third kappa shape index (κ3) is 7.00. The Hall–Kier alpha value is -2.08. The number of nitrogens with one attached hydrogen (secondary N) is 2. The van der Waals surface area contributed by atoms with Crippen LogP contribution in [0.2, 0.25) is 0 Å². The molecule has 0 saturated heterocycles. The van der Waals surface area contributed by atoms with Crippen LogP contribution in [-0.4, -0.2) is 35.4 Å². The minimum absolute atomic E-state index is 0.156. The predicted octanol–water partition coefficient (Wildman–Crippen LogP) is 2.91. The van der Waals surface area contributed by atoms with E-state index in [9.17, 15) is 14.7 Å². The van der Waals surface area contributed by atoms with Crippen molar-refractivity contribution < 1.29 is 19.4 Å². The van der Waals surface area contributed by atoms with Crippen LogP contribution in [0.4, 0.5) is 10.5 Å². The molecular weight excluding hydrogens is 308 g/mol. The standard InChI is InChI=1S/C18H28N2O4/c1-12-7-6-8-13(2)16(12)20-15(22)10-9-14(11-21)19-17(23)24-18(3,4)5/h6-8,14,21H,9-11H2,1-5H3,(H,19,23)(H,20,22)/t14-/m0/s1. The number of anilines is 1. The summed E-state index contributed by atoms with van der Waals surface area (Å²) < 4.78 is 5.14. The lowest BCUT2D eigenvalue weighted by molar-refractivity contribution is -0.116. The first-order valence-electron chi connectivity index (χ1n) is 8.09. The van der Waals surface area contributed by atoms with Crippen molar-refractivity contribution in [2.24, 2.45) is 0 Å². The summed E-state index contributed by atoms with van der Waals surface area (Å²) in [5, 5.41) is 14.8. The molecule has 0 aliphatic carbocycles. The molecule has 6 nitrogen and oxygen atoms in total. The maximum atomic E-state index is 12.1. The summed E-state index contributed by atoms with van der Waals surface area (Å²) >= 11 is 0. The SMILES string of the molecule is Cc1cccc(C)c1NC(=O)CC[C@@H](CO)NC(=O)OC(C)(C)C. The van der Waals surface area contributed by atoms with E-state index >= 15 is 0 Å². The first kappa shape index (κ1) is 20.0. The number of hydrogen-bond acceptors (Lipinski definition) is 4. The van der Waals surface area contributed by atoms with Gasteiger partial charge in [-0.1, -0.05) is 18.2 Å².